The molecule has 1 heterocycles. The van der Waals surface area contributed by atoms with Gasteiger partial charge in [0.25, 0.3) is 0 Å². The minimum atomic E-state index is -3.51. The topological polar surface area (TPSA) is 63.2 Å². The third-order valence-electron chi connectivity index (χ3n) is 3.73. The van der Waals surface area contributed by atoms with Gasteiger partial charge < -0.3 is 14.0 Å². The molecule has 6 nitrogen and oxygen atoms in total. The Balaban J connectivity index is 2.37. The summed E-state index contributed by atoms with van der Waals surface area (Å²) in [6.45, 7) is 9.92. The number of hydrogen-bond donors (Lipinski definition) is 0. The summed E-state index contributed by atoms with van der Waals surface area (Å²) < 4.78 is 39.1. The number of benzene rings is 1. The Bertz CT molecular complexity index is 652. The van der Waals surface area contributed by atoms with Crippen molar-refractivity contribution in [1.82, 2.24) is 0 Å². The highest BCUT2D eigenvalue weighted by molar-refractivity contribution is 7.49. The molecule has 0 aliphatic carbocycles. The predicted octanol–water partition coefficient (Wildman–Crippen LogP) is 4.66. The highest BCUT2D eigenvalue weighted by Crippen LogP contribution is 2.52. The monoisotopic (exact) mass is 370 g/mol. The second-order valence-corrected chi connectivity index (χ2v) is 8.23. The summed E-state index contributed by atoms with van der Waals surface area (Å²) in [4.78, 5) is 0. The van der Waals surface area contributed by atoms with Gasteiger partial charge in [0.1, 0.15) is 11.5 Å². The summed E-state index contributed by atoms with van der Waals surface area (Å²) in [5, 5.41) is 0. The van der Waals surface area contributed by atoms with Crippen LogP contribution in [0.4, 0.5) is 0 Å². The fourth-order valence-electron chi connectivity index (χ4n) is 2.45. The van der Waals surface area contributed by atoms with Crippen molar-refractivity contribution in [1.29, 1.82) is 0 Å². The first-order valence-electron chi connectivity index (χ1n) is 8.33. The Labute approximate surface area is 149 Å². The maximum absolute atomic E-state index is 12.2. The molecule has 0 saturated carbocycles. The zero-order valence-electron chi connectivity index (χ0n) is 15.5. The van der Waals surface area contributed by atoms with Gasteiger partial charge in [-0.25, -0.2) is 4.57 Å². The van der Waals surface area contributed by atoms with E-state index in [-0.39, 0.29) is 18.6 Å². The molecule has 1 aliphatic heterocycles. The zero-order valence-corrected chi connectivity index (χ0v) is 16.4. The molecule has 1 saturated heterocycles. The van der Waals surface area contributed by atoms with E-state index in [2.05, 4.69) is 20.8 Å². The Morgan fingerprint density at radius 1 is 1.24 bits per heavy atom. The van der Waals surface area contributed by atoms with Gasteiger partial charge in [-0.05, 0) is 24.5 Å². The van der Waals surface area contributed by atoms with Crippen LogP contribution in [0.25, 0.3) is 5.76 Å². The molecule has 0 aromatic heterocycles. The van der Waals surface area contributed by atoms with E-state index in [1.54, 1.807) is 19.2 Å². The van der Waals surface area contributed by atoms with Gasteiger partial charge in [-0.2, -0.15) is 0 Å². The maximum Gasteiger partial charge on any atom is 0.530 e. The molecule has 1 aliphatic rings. The Hall–Kier alpha value is -1.33. The van der Waals surface area contributed by atoms with Gasteiger partial charge in [-0.3, -0.25) is 9.05 Å². The highest BCUT2D eigenvalue weighted by Gasteiger charge is 2.34. The number of rotatable bonds is 7. The lowest BCUT2D eigenvalue weighted by Crippen LogP contribution is -2.17. The van der Waals surface area contributed by atoms with Crippen LogP contribution in [0.15, 0.2) is 29.8 Å². The molecule has 1 fully saturated rings. The van der Waals surface area contributed by atoms with Gasteiger partial charge in [0.2, 0.25) is 0 Å². The molecule has 140 valence electrons. The normalized spacial score (nSPS) is 18.0. The van der Waals surface area contributed by atoms with Crippen molar-refractivity contribution in [2.45, 2.75) is 27.7 Å². The van der Waals surface area contributed by atoms with Gasteiger partial charge in [0.05, 0.1) is 26.9 Å². The van der Waals surface area contributed by atoms with Crippen molar-refractivity contribution in [3.8, 4) is 5.75 Å². The number of hydrogen-bond acceptors (Lipinski definition) is 6. The van der Waals surface area contributed by atoms with Crippen molar-refractivity contribution in [3.05, 3.63) is 35.4 Å². The van der Waals surface area contributed by atoms with Crippen molar-refractivity contribution in [2.75, 3.05) is 33.5 Å². The molecule has 7 heteroatoms. The Morgan fingerprint density at radius 3 is 2.48 bits per heavy atom. The first-order chi connectivity index (χ1) is 11.8. The largest absolute Gasteiger partial charge is 0.530 e. The second-order valence-electron chi connectivity index (χ2n) is 6.63. The van der Waals surface area contributed by atoms with Crippen molar-refractivity contribution in [2.24, 2.45) is 5.41 Å². The molecule has 0 N–H and O–H groups in total. The minimum absolute atomic E-state index is 0.137. The van der Waals surface area contributed by atoms with Crippen LogP contribution in [0.3, 0.4) is 0 Å². The van der Waals surface area contributed by atoms with Crippen molar-refractivity contribution in [3.63, 3.8) is 0 Å². The lowest BCUT2D eigenvalue weighted by Gasteiger charge is -2.26. The van der Waals surface area contributed by atoms with Crippen LogP contribution in [0.1, 0.15) is 33.3 Å². The molecule has 0 amide bonds. The molecule has 0 radical (unpaired) electrons. The number of methoxy groups -OCH3 is 1. The van der Waals surface area contributed by atoms with Crippen LogP contribution in [0.2, 0.25) is 0 Å². The third-order valence-corrected chi connectivity index (χ3v) is 5.16. The minimum Gasteiger partial charge on any atom is -0.496 e. The smallest absolute Gasteiger partial charge is 0.496 e. The summed E-state index contributed by atoms with van der Waals surface area (Å²) in [6.07, 6.45) is 0. The summed E-state index contributed by atoms with van der Waals surface area (Å²) in [6, 6.07) is 7.20. The first kappa shape index (κ1) is 20.0. The third kappa shape index (κ3) is 5.32. The van der Waals surface area contributed by atoms with Crippen LogP contribution in [0, 0.1) is 5.41 Å². The SMILES string of the molecule is CCOCC(=C(OC)c1cccc(OP2(=O)OCCO2)c1)C(C)(C)C. The van der Waals surface area contributed by atoms with Crippen LogP contribution in [0.5, 0.6) is 5.75 Å². The lowest BCUT2D eigenvalue weighted by molar-refractivity contribution is 0.155. The van der Waals surface area contributed by atoms with Crippen LogP contribution in [-0.2, 0) is 23.1 Å². The molecular weight excluding hydrogens is 343 g/mol. The molecule has 1 aromatic carbocycles. The summed E-state index contributed by atoms with van der Waals surface area (Å²) in [5.74, 6) is 1.12. The van der Waals surface area contributed by atoms with E-state index in [4.69, 9.17) is 23.0 Å². The predicted molar refractivity (Wildman–Crippen MR) is 96.5 cm³/mol. The second kappa shape index (κ2) is 8.37. The first-order valence-corrected chi connectivity index (χ1v) is 9.79. The van der Waals surface area contributed by atoms with Gasteiger partial charge in [0, 0.05) is 17.7 Å². The van der Waals surface area contributed by atoms with E-state index in [9.17, 15) is 4.57 Å². The molecule has 0 bridgehead atoms. The molecule has 0 spiro atoms. The molecule has 0 atom stereocenters. The fraction of sp³-hybridized carbons (Fsp3) is 0.556. The van der Waals surface area contributed by atoms with E-state index < -0.39 is 7.82 Å². The van der Waals surface area contributed by atoms with E-state index in [0.29, 0.717) is 19.0 Å². The van der Waals surface area contributed by atoms with Gasteiger partial charge in [-0.1, -0.05) is 32.9 Å². The Kier molecular flexibility index (Phi) is 6.69. The molecule has 0 unspecified atom stereocenters. The highest BCUT2D eigenvalue weighted by atomic mass is 31.2. The van der Waals surface area contributed by atoms with Crippen molar-refractivity contribution < 1.29 is 27.6 Å². The van der Waals surface area contributed by atoms with Gasteiger partial charge in [0.15, 0.2) is 0 Å². The average molecular weight is 370 g/mol. The van der Waals surface area contributed by atoms with Gasteiger partial charge in [-0.15, -0.1) is 0 Å². The van der Waals surface area contributed by atoms with E-state index in [1.807, 2.05) is 19.1 Å². The molecule has 25 heavy (non-hydrogen) atoms. The van der Waals surface area contributed by atoms with Crippen LogP contribution >= 0.6 is 7.82 Å². The number of phosphoric acid groups is 1. The average Bonchev–Trinajstić information content (AvgIpc) is 2.96. The molecular formula is C18H27O6P. The van der Waals surface area contributed by atoms with E-state index in [0.717, 1.165) is 16.9 Å². The van der Waals surface area contributed by atoms with E-state index >= 15 is 0 Å². The molecule has 2 rings (SSSR count). The van der Waals surface area contributed by atoms with Crippen LogP contribution < -0.4 is 4.52 Å². The zero-order chi connectivity index (χ0) is 18.5. The summed E-state index contributed by atoms with van der Waals surface area (Å²) in [7, 11) is -1.88. The maximum atomic E-state index is 12.2. The number of phosphoric ester groups is 1. The summed E-state index contributed by atoms with van der Waals surface area (Å²) in [5.41, 5.74) is 1.71. The standard InChI is InChI=1S/C18H27O6P/c1-6-21-13-16(18(2,3)4)17(20-5)14-8-7-9-15(12-14)24-25(19)22-10-11-23-25/h7-9,12H,6,10-11,13H2,1-5H3. The molecule has 1 aromatic rings. The van der Waals surface area contributed by atoms with E-state index in [1.165, 1.54) is 0 Å². The number of ether oxygens (including phenoxy) is 2. The fourth-order valence-corrected chi connectivity index (χ4v) is 3.60. The van der Waals surface area contributed by atoms with Gasteiger partial charge >= 0.3 is 7.82 Å². The van der Waals surface area contributed by atoms with Crippen molar-refractivity contribution >= 4 is 13.6 Å². The summed E-state index contributed by atoms with van der Waals surface area (Å²) >= 11 is 0. The lowest BCUT2D eigenvalue weighted by atomic mass is 9.84. The Morgan fingerprint density at radius 2 is 1.92 bits per heavy atom. The van der Waals surface area contributed by atoms with Crippen LogP contribution in [-0.4, -0.2) is 33.5 Å². The quantitative estimate of drug-likeness (QED) is 0.514.